The molecule has 0 spiro atoms. The molecule has 0 N–H and O–H groups in total. The van der Waals surface area contributed by atoms with Crippen molar-refractivity contribution < 1.29 is 24.2 Å². The smallest absolute Gasteiger partial charge is 0.320 e. The van der Waals surface area contributed by atoms with Gasteiger partial charge in [0.15, 0.2) is 0 Å². The first-order valence-corrected chi connectivity index (χ1v) is 13.7. The molecule has 2 atom stereocenters. The number of urea groups is 1. The van der Waals surface area contributed by atoms with Gasteiger partial charge in [0.2, 0.25) is 0 Å². The Morgan fingerprint density at radius 1 is 0.875 bits per heavy atom. The molecule has 2 aliphatic carbocycles. The number of nitro benzene ring substituents is 2. The van der Waals surface area contributed by atoms with Crippen LogP contribution in [0.1, 0.15) is 43.2 Å². The van der Waals surface area contributed by atoms with Gasteiger partial charge in [-0.25, -0.2) is 4.79 Å². The van der Waals surface area contributed by atoms with E-state index in [0.717, 1.165) is 30.5 Å². The lowest BCUT2D eigenvalue weighted by Crippen LogP contribution is -2.51. The molecule has 2 aromatic rings. The summed E-state index contributed by atoms with van der Waals surface area (Å²) >= 11 is 0. The third-order valence-electron chi connectivity index (χ3n) is 7.76. The summed E-state index contributed by atoms with van der Waals surface area (Å²) in [5, 5.41) is 21.1. The fourth-order valence-corrected chi connectivity index (χ4v) is 5.04. The first kappa shape index (κ1) is 29.0. The number of esters is 1. The van der Waals surface area contributed by atoms with Crippen LogP contribution in [0, 0.1) is 44.9 Å². The van der Waals surface area contributed by atoms with E-state index in [1.54, 1.807) is 24.3 Å². The molecule has 0 aromatic heterocycles. The van der Waals surface area contributed by atoms with E-state index in [2.05, 4.69) is 0 Å². The van der Waals surface area contributed by atoms with Crippen LogP contribution in [0.2, 0.25) is 0 Å². The molecule has 2 unspecified atom stereocenters. The zero-order valence-electron chi connectivity index (χ0n) is 22.9. The van der Waals surface area contributed by atoms with Crippen LogP contribution in [0.3, 0.4) is 0 Å². The van der Waals surface area contributed by atoms with Gasteiger partial charge in [0.05, 0.1) is 28.9 Å². The molecule has 0 radical (unpaired) electrons. The molecule has 2 saturated carbocycles. The average Bonchev–Trinajstić information content (AvgIpc) is 3.87. The molecule has 40 heavy (non-hydrogen) atoms. The number of amides is 2. The van der Waals surface area contributed by atoms with Crippen LogP contribution in [-0.4, -0.2) is 64.4 Å². The molecule has 1 heterocycles. The van der Waals surface area contributed by atoms with Gasteiger partial charge < -0.3 is 14.5 Å². The molecule has 3 fully saturated rings. The number of ether oxygens (including phenoxy) is 1. The van der Waals surface area contributed by atoms with Gasteiger partial charge in [0.25, 0.3) is 11.4 Å². The highest BCUT2D eigenvalue weighted by molar-refractivity contribution is 5.79. The highest BCUT2D eigenvalue weighted by Crippen LogP contribution is 2.36. The monoisotopic (exact) mass is 552 g/mol. The zero-order valence-corrected chi connectivity index (χ0v) is 22.9. The number of hydrogen-bond donors (Lipinski definition) is 0. The number of nitrogens with zero attached hydrogens (tertiary/aromatic N) is 4. The van der Waals surface area contributed by atoms with Gasteiger partial charge in [0, 0.05) is 43.9 Å². The van der Waals surface area contributed by atoms with Gasteiger partial charge in [0.1, 0.15) is 0 Å². The van der Waals surface area contributed by atoms with Crippen molar-refractivity contribution in [3.8, 4) is 0 Å². The van der Waals surface area contributed by atoms with Crippen LogP contribution in [0.25, 0.3) is 0 Å². The highest BCUT2D eigenvalue weighted by Gasteiger charge is 2.43. The van der Waals surface area contributed by atoms with Gasteiger partial charge in [-0.2, -0.15) is 0 Å². The predicted octanol–water partition coefficient (Wildman–Crippen LogP) is 5.15. The van der Waals surface area contributed by atoms with E-state index in [9.17, 15) is 29.8 Å². The van der Waals surface area contributed by atoms with Crippen molar-refractivity contribution >= 4 is 23.4 Å². The van der Waals surface area contributed by atoms with Crippen molar-refractivity contribution in [2.45, 2.75) is 51.5 Å². The van der Waals surface area contributed by atoms with E-state index in [1.165, 1.54) is 44.2 Å². The van der Waals surface area contributed by atoms with Crippen LogP contribution >= 0.6 is 0 Å². The number of hydrogen-bond acceptors (Lipinski definition) is 7. The molecule has 0 bridgehead atoms. The number of nitro groups is 2. The molecule has 1 saturated heterocycles. The molecular formula is C29H36N4O7. The number of rotatable bonds is 9. The van der Waals surface area contributed by atoms with Gasteiger partial charge >= 0.3 is 12.0 Å². The van der Waals surface area contributed by atoms with Gasteiger partial charge in [-0.1, -0.05) is 29.8 Å². The van der Waals surface area contributed by atoms with Crippen LogP contribution in [-0.2, 0) is 16.0 Å². The lowest BCUT2D eigenvalue weighted by Gasteiger charge is -2.35. The van der Waals surface area contributed by atoms with Crippen LogP contribution in [0.15, 0.2) is 48.5 Å². The maximum Gasteiger partial charge on any atom is 0.320 e. The number of carbonyl (C=O) groups is 2. The Hall–Kier alpha value is -4.02. The van der Waals surface area contributed by atoms with Crippen molar-refractivity contribution in [1.29, 1.82) is 0 Å². The first-order chi connectivity index (χ1) is 19.2. The molecular weight excluding hydrogens is 516 g/mol. The lowest BCUT2D eigenvalue weighted by atomic mass is 9.89. The third kappa shape index (κ3) is 7.77. The van der Waals surface area contributed by atoms with Crippen molar-refractivity contribution in [2.24, 2.45) is 17.8 Å². The minimum Gasteiger partial charge on any atom is -0.469 e. The van der Waals surface area contributed by atoms with Gasteiger partial charge in [-0.05, 0) is 62.8 Å². The normalized spacial score (nSPS) is 20.7. The molecule has 1 aliphatic heterocycles. The number of carbonyl (C=O) groups excluding carboxylic acids is 2. The van der Waals surface area contributed by atoms with E-state index in [-0.39, 0.29) is 29.4 Å². The molecule has 11 nitrogen and oxygen atoms in total. The van der Waals surface area contributed by atoms with E-state index < -0.39 is 15.8 Å². The maximum absolute atomic E-state index is 13.5. The Morgan fingerprint density at radius 3 is 1.90 bits per heavy atom. The second-order valence-electron chi connectivity index (χ2n) is 11.0. The van der Waals surface area contributed by atoms with E-state index in [1.807, 2.05) is 16.7 Å². The van der Waals surface area contributed by atoms with Crippen molar-refractivity contribution in [3.05, 3.63) is 79.9 Å². The summed E-state index contributed by atoms with van der Waals surface area (Å²) < 4.78 is 5.11. The summed E-state index contributed by atoms with van der Waals surface area (Å²) in [6, 6.07) is 12.5. The Bertz CT molecular complexity index is 1210. The number of methoxy groups -OCH3 is 1. The summed E-state index contributed by atoms with van der Waals surface area (Å²) in [4.78, 5) is 50.3. The van der Waals surface area contributed by atoms with Crippen LogP contribution in [0.5, 0.6) is 0 Å². The number of benzene rings is 2. The minimum absolute atomic E-state index is 0.0205. The lowest BCUT2D eigenvalue weighted by molar-refractivity contribution is -0.385. The summed E-state index contributed by atoms with van der Waals surface area (Å²) in [7, 11) is 1.39. The Kier molecular flexibility index (Phi) is 9.34. The Morgan fingerprint density at radius 2 is 1.40 bits per heavy atom. The topological polar surface area (TPSA) is 136 Å². The van der Waals surface area contributed by atoms with Crippen molar-refractivity contribution in [1.82, 2.24) is 9.80 Å². The second kappa shape index (κ2) is 12.9. The van der Waals surface area contributed by atoms with Crippen LogP contribution < -0.4 is 0 Å². The van der Waals surface area contributed by atoms with Gasteiger partial charge in [-0.3, -0.25) is 25.0 Å². The van der Waals surface area contributed by atoms with E-state index >= 15 is 0 Å². The second-order valence-corrected chi connectivity index (χ2v) is 11.0. The van der Waals surface area contributed by atoms with Crippen molar-refractivity contribution in [2.75, 3.05) is 26.7 Å². The molecule has 2 amide bonds. The van der Waals surface area contributed by atoms with Crippen molar-refractivity contribution in [3.63, 3.8) is 0 Å². The van der Waals surface area contributed by atoms with E-state index in [0.29, 0.717) is 37.8 Å². The minimum atomic E-state index is -0.425. The quantitative estimate of drug-likeness (QED) is 0.238. The van der Waals surface area contributed by atoms with Crippen LogP contribution in [0.4, 0.5) is 16.2 Å². The molecule has 11 heteroatoms. The SMILES string of the molecule is COC(=O)C1CCN(CC2CC2)C(=O)N(CC2CC2)C1Cc1ccc([N+](=O)[O-])cc1.Cc1ccc([N+](=O)[O-])cc1. The summed E-state index contributed by atoms with van der Waals surface area (Å²) in [6.07, 6.45) is 5.61. The highest BCUT2D eigenvalue weighted by atomic mass is 16.6. The number of non-ortho nitro benzene ring substituents is 2. The largest absolute Gasteiger partial charge is 0.469 e. The summed E-state index contributed by atoms with van der Waals surface area (Å²) in [6.45, 7) is 3.88. The maximum atomic E-state index is 13.5. The van der Waals surface area contributed by atoms with E-state index in [4.69, 9.17) is 4.74 Å². The molecule has 5 rings (SSSR count). The number of aryl methyl sites for hydroxylation is 1. The predicted molar refractivity (Wildman–Crippen MR) is 148 cm³/mol. The summed E-state index contributed by atoms with van der Waals surface area (Å²) in [5.41, 5.74) is 2.09. The third-order valence-corrected chi connectivity index (χ3v) is 7.76. The first-order valence-electron chi connectivity index (χ1n) is 13.7. The molecule has 2 aromatic carbocycles. The standard InChI is InChI=1S/C22H29N3O5.C7H7NO2/c1-30-21(26)19-10-11-23(13-16-2-3-16)22(27)24(14-17-4-5-17)20(19)12-15-6-8-18(9-7-15)25(28)29;1-6-2-4-7(5-3-6)8(9)10/h6-9,16-17,19-20H,2-5,10-14H2,1H3;2-5H,1H3. The fourth-order valence-electron chi connectivity index (χ4n) is 5.04. The fraction of sp³-hybridized carbons (Fsp3) is 0.517. The average molecular weight is 553 g/mol. The zero-order chi connectivity index (χ0) is 28.8. The summed E-state index contributed by atoms with van der Waals surface area (Å²) in [5.74, 6) is 0.382. The Balaban J connectivity index is 0.000000312. The van der Waals surface area contributed by atoms with Gasteiger partial charge in [-0.15, -0.1) is 0 Å². The Labute approximate surface area is 233 Å². The molecule has 214 valence electrons. The molecule has 3 aliphatic rings.